The highest BCUT2D eigenvalue weighted by atomic mass is 35.5. The van der Waals surface area contributed by atoms with E-state index in [4.69, 9.17) is 28.6 Å². The maximum absolute atomic E-state index is 12.4. The highest BCUT2D eigenvalue weighted by Crippen LogP contribution is 2.36. The van der Waals surface area contributed by atoms with Gasteiger partial charge in [-0.3, -0.25) is 10.1 Å². The first-order valence-corrected chi connectivity index (χ1v) is 10.7. The fraction of sp³-hybridized carbons (Fsp3) is 0.0455. The van der Waals surface area contributed by atoms with Gasteiger partial charge in [0, 0.05) is 17.3 Å². The standard InChI is InChI=1S/C22H16ClN3O3S2/c1-29-18-9-6-12(10-15(18)23)20(28)26-22(30)24-13-7-8-14(17(27)11-13)21-25-16-4-2-3-5-19(16)31-21/h2-11,27H,1H3,(H2,24,26,28,30). The Labute approximate surface area is 192 Å². The summed E-state index contributed by atoms with van der Waals surface area (Å²) >= 11 is 12.8. The van der Waals surface area contributed by atoms with E-state index in [1.165, 1.54) is 30.6 Å². The van der Waals surface area contributed by atoms with Crippen molar-refractivity contribution >= 4 is 62.1 Å². The van der Waals surface area contributed by atoms with Crippen LogP contribution in [0.5, 0.6) is 11.5 Å². The van der Waals surface area contributed by atoms with Crippen molar-refractivity contribution in [3.8, 4) is 22.1 Å². The molecule has 0 saturated heterocycles. The van der Waals surface area contributed by atoms with Crippen LogP contribution in [0, 0.1) is 0 Å². The number of aromatic hydroxyl groups is 1. The lowest BCUT2D eigenvalue weighted by molar-refractivity contribution is 0.0977. The van der Waals surface area contributed by atoms with E-state index < -0.39 is 5.91 Å². The maximum atomic E-state index is 12.4. The number of para-hydroxylation sites is 1. The van der Waals surface area contributed by atoms with Crippen LogP contribution in [0.15, 0.2) is 60.7 Å². The molecule has 0 aliphatic heterocycles. The lowest BCUT2D eigenvalue weighted by Gasteiger charge is -2.11. The first-order valence-electron chi connectivity index (χ1n) is 9.09. The van der Waals surface area contributed by atoms with Gasteiger partial charge in [0.05, 0.1) is 27.9 Å². The van der Waals surface area contributed by atoms with Gasteiger partial charge >= 0.3 is 0 Å². The predicted molar refractivity (Wildman–Crippen MR) is 128 cm³/mol. The fourth-order valence-electron chi connectivity index (χ4n) is 2.92. The molecule has 0 fully saturated rings. The van der Waals surface area contributed by atoms with Gasteiger partial charge in [-0.15, -0.1) is 11.3 Å². The van der Waals surface area contributed by atoms with Crippen LogP contribution < -0.4 is 15.4 Å². The van der Waals surface area contributed by atoms with E-state index in [-0.39, 0.29) is 10.9 Å². The fourth-order valence-corrected chi connectivity index (χ4v) is 4.39. The molecule has 3 N–H and O–H groups in total. The van der Waals surface area contributed by atoms with Crippen molar-refractivity contribution in [2.24, 2.45) is 0 Å². The molecular weight excluding hydrogens is 454 g/mol. The molecular formula is C22H16ClN3O3S2. The van der Waals surface area contributed by atoms with Gasteiger partial charge in [-0.05, 0) is 54.7 Å². The van der Waals surface area contributed by atoms with Crippen LogP contribution in [0.1, 0.15) is 10.4 Å². The van der Waals surface area contributed by atoms with Crippen LogP contribution in [0.4, 0.5) is 5.69 Å². The number of thiocarbonyl (C=S) groups is 1. The zero-order valence-electron chi connectivity index (χ0n) is 16.2. The molecule has 1 amide bonds. The van der Waals surface area contributed by atoms with E-state index in [9.17, 15) is 9.90 Å². The van der Waals surface area contributed by atoms with Gasteiger partial charge in [-0.2, -0.15) is 0 Å². The highest BCUT2D eigenvalue weighted by Gasteiger charge is 2.13. The maximum Gasteiger partial charge on any atom is 0.257 e. The molecule has 156 valence electrons. The number of carbonyl (C=O) groups is 1. The van der Waals surface area contributed by atoms with Gasteiger partial charge in [0.1, 0.15) is 16.5 Å². The minimum Gasteiger partial charge on any atom is -0.507 e. The molecule has 0 aliphatic carbocycles. The monoisotopic (exact) mass is 469 g/mol. The average molecular weight is 470 g/mol. The molecule has 0 bridgehead atoms. The lowest BCUT2D eigenvalue weighted by Crippen LogP contribution is -2.34. The van der Waals surface area contributed by atoms with Gasteiger partial charge in [0.25, 0.3) is 5.91 Å². The second-order valence-electron chi connectivity index (χ2n) is 6.48. The zero-order valence-corrected chi connectivity index (χ0v) is 18.6. The number of phenolic OH excluding ortho intramolecular Hbond substituents is 1. The highest BCUT2D eigenvalue weighted by molar-refractivity contribution is 7.80. The number of ether oxygens (including phenoxy) is 1. The minimum atomic E-state index is -0.419. The van der Waals surface area contributed by atoms with Crippen LogP contribution in [-0.2, 0) is 0 Å². The van der Waals surface area contributed by atoms with E-state index in [0.29, 0.717) is 27.6 Å². The quantitative estimate of drug-likeness (QED) is 0.344. The van der Waals surface area contributed by atoms with Crippen LogP contribution in [0.2, 0.25) is 5.02 Å². The van der Waals surface area contributed by atoms with Crippen molar-refractivity contribution in [1.29, 1.82) is 0 Å². The first kappa shape index (κ1) is 21.0. The Bertz CT molecular complexity index is 1270. The Morgan fingerprint density at radius 3 is 2.68 bits per heavy atom. The number of amides is 1. The summed E-state index contributed by atoms with van der Waals surface area (Å²) in [5, 5.41) is 17.1. The number of hydrogen-bond acceptors (Lipinski definition) is 6. The molecule has 1 heterocycles. The largest absolute Gasteiger partial charge is 0.507 e. The molecule has 0 saturated carbocycles. The molecule has 4 rings (SSSR count). The lowest BCUT2D eigenvalue weighted by atomic mass is 10.2. The third-order valence-corrected chi connectivity index (χ3v) is 5.99. The number of hydrogen-bond donors (Lipinski definition) is 3. The molecule has 3 aromatic carbocycles. The summed E-state index contributed by atoms with van der Waals surface area (Å²) in [6, 6.07) is 17.5. The van der Waals surface area contributed by atoms with Gasteiger partial charge in [0.15, 0.2) is 5.11 Å². The van der Waals surface area contributed by atoms with Crippen LogP contribution in [0.3, 0.4) is 0 Å². The number of aromatic nitrogens is 1. The first-order chi connectivity index (χ1) is 14.9. The number of halogens is 1. The van der Waals surface area contributed by atoms with E-state index in [1.54, 1.807) is 24.3 Å². The number of anilines is 1. The number of fused-ring (bicyclic) bond motifs is 1. The Hall–Kier alpha value is -3.20. The van der Waals surface area contributed by atoms with Crippen molar-refractivity contribution in [3.63, 3.8) is 0 Å². The van der Waals surface area contributed by atoms with Crippen molar-refractivity contribution < 1.29 is 14.6 Å². The minimum absolute atomic E-state index is 0.0557. The third kappa shape index (κ3) is 4.61. The van der Waals surface area contributed by atoms with Crippen LogP contribution in [-0.4, -0.2) is 28.2 Å². The van der Waals surface area contributed by atoms with Crippen molar-refractivity contribution in [3.05, 3.63) is 71.2 Å². The Morgan fingerprint density at radius 2 is 1.97 bits per heavy atom. The number of carbonyl (C=O) groups excluding carboxylic acids is 1. The van der Waals surface area contributed by atoms with Crippen molar-refractivity contribution in [2.75, 3.05) is 12.4 Å². The summed E-state index contributed by atoms with van der Waals surface area (Å²) in [6.45, 7) is 0. The van der Waals surface area contributed by atoms with Gasteiger partial charge in [-0.1, -0.05) is 23.7 Å². The SMILES string of the molecule is COc1ccc(C(=O)NC(=S)Nc2ccc(-c3nc4ccccc4s3)c(O)c2)cc1Cl. The molecule has 0 atom stereocenters. The second-order valence-corrected chi connectivity index (χ2v) is 8.32. The van der Waals surface area contributed by atoms with Crippen LogP contribution in [0.25, 0.3) is 20.8 Å². The topological polar surface area (TPSA) is 83.5 Å². The van der Waals surface area contributed by atoms with Gasteiger partial charge in [-0.25, -0.2) is 4.98 Å². The second kappa shape index (κ2) is 8.89. The molecule has 9 heteroatoms. The molecule has 1 aromatic heterocycles. The third-order valence-electron chi connectivity index (χ3n) is 4.42. The average Bonchev–Trinajstić information content (AvgIpc) is 3.17. The van der Waals surface area contributed by atoms with E-state index >= 15 is 0 Å². The molecule has 0 radical (unpaired) electrons. The summed E-state index contributed by atoms with van der Waals surface area (Å²) in [7, 11) is 1.50. The number of nitrogens with one attached hydrogen (secondary N) is 2. The number of methoxy groups -OCH3 is 1. The summed E-state index contributed by atoms with van der Waals surface area (Å²) < 4.78 is 6.12. The predicted octanol–water partition coefficient (Wildman–Crippen LogP) is 5.46. The molecule has 0 spiro atoms. The van der Waals surface area contributed by atoms with Crippen molar-refractivity contribution in [2.45, 2.75) is 0 Å². The molecule has 6 nitrogen and oxygen atoms in total. The molecule has 31 heavy (non-hydrogen) atoms. The number of thiazole rings is 1. The molecule has 0 unspecified atom stereocenters. The van der Waals surface area contributed by atoms with E-state index in [2.05, 4.69) is 15.6 Å². The Morgan fingerprint density at radius 1 is 1.16 bits per heavy atom. The molecule has 0 aliphatic rings. The van der Waals surface area contributed by atoms with Crippen molar-refractivity contribution in [1.82, 2.24) is 10.3 Å². The number of benzene rings is 3. The number of nitrogens with zero attached hydrogens (tertiary/aromatic N) is 1. The van der Waals surface area contributed by atoms with Gasteiger partial charge < -0.3 is 15.2 Å². The van der Waals surface area contributed by atoms with E-state index in [1.807, 2.05) is 24.3 Å². The smallest absolute Gasteiger partial charge is 0.257 e. The zero-order chi connectivity index (χ0) is 22.0. The number of rotatable bonds is 4. The van der Waals surface area contributed by atoms with Gasteiger partial charge in [0.2, 0.25) is 0 Å². The summed E-state index contributed by atoms with van der Waals surface area (Å²) in [5.41, 5.74) is 2.37. The number of phenols is 1. The Balaban J connectivity index is 1.45. The van der Waals surface area contributed by atoms with E-state index in [0.717, 1.165) is 15.2 Å². The Kier molecular flexibility index (Phi) is 6.03. The normalized spacial score (nSPS) is 10.6. The van der Waals surface area contributed by atoms with Crippen LogP contribution >= 0.6 is 35.2 Å². The summed E-state index contributed by atoms with van der Waals surface area (Å²) in [4.78, 5) is 17.0. The summed E-state index contributed by atoms with van der Waals surface area (Å²) in [5.74, 6) is 0.111. The molecule has 4 aromatic rings. The summed E-state index contributed by atoms with van der Waals surface area (Å²) in [6.07, 6.45) is 0.